The van der Waals surface area contributed by atoms with E-state index in [9.17, 15) is 14.0 Å². The number of hydrogen-bond acceptors (Lipinski definition) is 6. The highest BCUT2D eigenvalue weighted by molar-refractivity contribution is 9.10. The van der Waals surface area contributed by atoms with Crippen LogP contribution in [0.4, 0.5) is 15.8 Å². The minimum atomic E-state index is -0.664. The zero-order valence-electron chi connectivity index (χ0n) is 20.2. The first-order valence-corrected chi connectivity index (χ1v) is 13.1. The fraction of sp³-hybridized carbons (Fsp3) is 0.222. The average molecular weight is 586 g/mol. The number of nitrogens with one attached hydrogen (secondary N) is 1. The molecule has 0 aliphatic carbocycles. The maximum absolute atomic E-state index is 13.4. The molecule has 0 aromatic heterocycles. The van der Waals surface area contributed by atoms with Crippen LogP contribution < -0.4 is 14.8 Å². The summed E-state index contributed by atoms with van der Waals surface area (Å²) in [5.74, 6) is 0.336. The molecule has 37 heavy (non-hydrogen) atoms. The first-order valence-electron chi connectivity index (χ1n) is 11.4. The fourth-order valence-corrected chi connectivity index (χ4v) is 5.28. The summed E-state index contributed by atoms with van der Waals surface area (Å²) in [6.07, 6.45) is 0.558. The zero-order chi connectivity index (χ0) is 26.4. The first kappa shape index (κ1) is 26.7. The van der Waals surface area contributed by atoms with Crippen LogP contribution in [0, 0.1) is 5.82 Å². The molecule has 3 aromatic carbocycles. The molecule has 1 aliphatic heterocycles. The molecule has 10 heteroatoms. The van der Waals surface area contributed by atoms with Crippen molar-refractivity contribution in [3.8, 4) is 11.5 Å². The predicted molar refractivity (Wildman–Crippen MR) is 147 cm³/mol. The Labute approximate surface area is 227 Å². The highest BCUT2D eigenvalue weighted by Crippen LogP contribution is 2.32. The number of hydrogen-bond donors (Lipinski definition) is 1. The molecule has 1 heterocycles. The zero-order valence-corrected chi connectivity index (χ0v) is 22.6. The second kappa shape index (κ2) is 12.2. The minimum Gasteiger partial charge on any atom is -0.493 e. The second-order valence-electron chi connectivity index (χ2n) is 8.17. The Morgan fingerprint density at radius 2 is 1.86 bits per heavy atom. The SMILES string of the molecule is COc1ccc(CCN2C(=O)CC(C(=O)Nc3cccc(Br)c3)SC2=Nc2ccc(F)cc2)cc1OC. The van der Waals surface area contributed by atoms with Gasteiger partial charge in [0.05, 0.1) is 19.9 Å². The average Bonchev–Trinajstić information content (AvgIpc) is 2.89. The van der Waals surface area contributed by atoms with E-state index in [1.165, 1.54) is 36.0 Å². The van der Waals surface area contributed by atoms with Gasteiger partial charge in [-0.3, -0.25) is 14.5 Å². The van der Waals surface area contributed by atoms with Crippen LogP contribution in [0.15, 0.2) is 76.2 Å². The van der Waals surface area contributed by atoms with Crippen LogP contribution in [-0.2, 0) is 16.0 Å². The number of methoxy groups -OCH3 is 2. The normalized spacial score (nSPS) is 16.5. The lowest BCUT2D eigenvalue weighted by molar-refractivity contribution is -0.129. The summed E-state index contributed by atoms with van der Waals surface area (Å²) in [4.78, 5) is 32.5. The van der Waals surface area contributed by atoms with Gasteiger partial charge in [-0.05, 0) is 66.6 Å². The quantitative estimate of drug-likeness (QED) is 0.361. The van der Waals surface area contributed by atoms with Crippen LogP contribution in [0.3, 0.4) is 0 Å². The molecule has 7 nitrogen and oxygen atoms in total. The molecule has 0 saturated carbocycles. The van der Waals surface area contributed by atoms with Gasteiger partial charge in [0.25, 0.3) is 0 Å². The van der Waals surface area contributed by atoms with Gasteiger partial charge < -0.3 is 14.8 Å². The van der Waals surface area contributed by atoms with E-state index in [1.54, 1.807) is 31.3 Å². The highest BCUT2D eigenvalue weighted by Gasteiger charge is 2.36. The summed E-state index contributed by atoms with van der Waals surface area (Å²) in [6.45, 7) is 0.349. The van der Waals surface area contributed by atoms with Gasteiger partial charge in [0, 0.05) is 23.1 Å². The van der Waals surface area contributed by atoms with Crippen LogP contribution in [0.5, 0.6) is 11.5 Å². The predicted octanol–water partition coefficient (Wildman–Crippen LogP) is 5.81. The topological polar surface area (TPSA) is 80.2 Å². The van der Waals surface area contributed by atoms with Crippen molar-refractivity contribution in [2.24, 2.45) is 4.99 Å². The van der Waals surface area contributed by atoms with Crippen LogP contribution in [0.25, 0.3) is 0 Å². The van der Waals surface area contributed by atoms with Crippen molar-refractivity contribution in [1.29, 1.82) is 0 Å². The summed E-state index contributed by atoms with van der Waals surface area (Å²) in [5, 5.41) is 2.59. The molecule has 0 bridgehead atoms. The first-order chi connectivity index (χ1) is 17.9. The van der Waals surface area contributed by atoms with Crippen molar-refractivity contribution in [2.45, 2.75) is 18.1 Å². The number of aliphatic imine (C=N–C) groups is 1. The number of anilines is 1. The molecule has 4 rings (SSSR count). The van der Waals surface area contributed by atoms with E-state index in [4.69, 9.17) is 9.47 Å². The summed E-state index contributed by atoms with van der Waals surface area (Å²) in [5.41, 5.74) is 2.06. The second-order valence-corrected chi connectivity index (χ2v) is 10.3. The van der Waals surface area contributed by atoms with E-state index in [1.807, 2.05) is 30.3 Å². The van der Waals surface area contributed by atoms with E-state index >= 15 is 0 Å². The minimum absolute atomic E-state index is 0.0267. The van der Waals surface area contributed by atoms with Crippen molar-refractivity contribution in [3.05, 3.63) is 82.6 Å². The van der Waals surface area contributed by atoms with Crippen molar-refractivity contribution in [2.75, 3.05) is 26.1 Å². The lowest BCUT2D eigenvalue weighted by atomic mass is 10.1. The Morgan fingerprint density at radius 1 is 1.11 bits per heavy atom. The Balaban J connectivity index is 1.55. The lowest BCUT2D eigenvalue weighted by Crippen LogP contribution is -2.46. The van der Waals surface area contributed by atoms with E-state index < -0.39 is 5.25 Å². The van der Waals surface area contributed by atoms with Crippen LogP contribution in [0.1, 0.15) is 12.0 Å². The Kier molecular flexibility index (Phi) is 8.83. The number of rotatable bonds is 8. The summed E-state index contributed by atoms with van der Waals surface area (Å²) < 4.78 is 25.0. The fourth-order valence-electron chi connectivity index (χ4n) is 3.75. The van der Waals surface area contributed by atoms with Crippen LogP contribution in [0.2, 0.25) is 0 Å². The van der Waals surface area contributed by atoms with Crippen molar-refractivity contribution in [1.82, 2.24) is 4.90 Å². The number of carbonyl (C=O) groups excluding carboxylic acids is 2. The van der Waals surface area contributed by atoms with Crippen LogP contribution >= 0.6 is 27.7 Å². The van der Waals surface area contributed by atoms with E-state index in [-0.39, 0.29) is 24.1 Å². The Bertz CT molecular complexity index is 1320. The van der Waals surface area contributed by atoms with Gasteiger partial charge in [-0.2, -0.15) is 0 Å². The molecule has 1 aliphatic rings. The molecule has 192 valence electrons. The van der Waals surface area contributed by atoms with Gasteiger partial charge in [-0.1, -0.05) is 39.8 Å². The smallest absolute Gasteiger partial charge is 0.238 e. The highest BCUT2D eigenvalue weighted by atomic mass is 79.9. The van der Waals surface area contributed by atoms with Crippen LogP contribution in [-0.4, -0.2) is 47.9 Å². The molecule has 1 saturated heterocycles. The van der Waals surface area contributed by atoms with Gasteiger partial charge >= 0.3 is 0 Å². The monoisotopic (exact) mass is 585 g/mol. The number of carbonyl (C=O) groups is 2. The molecule has 0 radical (unpaired) electrons. The number of amidine groups is 1. The summed E-state index contributed by atoms with van der Waals surface area (Å²) >= 11 is 4.61. The molecule has 1 fully saturated rings. The van der Waals surface area contributed by atoms with E-state index in [2.05, 4.69) is 26.2 Å². The Morgan fingerprint density at radius 3 is 2.57 bits per heavy atom. The third kappa shape index (κ3) is 6.90. The van der Waals surface area contributed by atoms with Gasteiger partial charge in [-0.25, -0.2) is 9.38 Å². The van der Waals surface area contributed by atoms with Crippen molar-refractivity contribution in [3.63, 3.8) is 0 Å². The number of halogens is 2. The maximum Gasteiger partial charge on any atom is 0.238 e. The maximum atomic E-state index is 13.4. The molecule has 1 unspecified atom stereocenters. The molecular weight excluding hydrogens is 561 g/mol. The van der Waals surface area contributed by atoms with E-state index in [0.29, 0.717) is 41.0 Å². The molecule has 0 spiro atoms. The van der Waals surface area contributed by atoms with Crippen molar-refractivity contribution >= 4 is 56.0 Å². The molecule has 1 N–H and O–H groups in total. The molecule has 3 aromatic rings. The standard InChI is InChI=1S/C27H25BrFN3O4S/c1-35-22-11-6-17(14-23(22)36-2)12-13-32-25(33)16-24(26(34)30-21-5-3-4-18(28)15-21)37-27(32)31-20-9-7-19(29)8-10-20/h3-11,14-15,24H,12-13,16H2,1-2H3,(H,30,34). The Hall–Kier alpha value is -3.37. The number of amides is 2. The van der Waals surface area contributed by atoms with Gasteiger partial charge in [0.15, 0.2) is 16.7 Å². The van der Waals surface area contributed by atoms with E-state index in [0.717, 1.165) is 10.0 Å². The van der Waals surface area contributed by atoms with Crippen molar-refractivity contribution < 1.29 is 23.5 Å². The number of ether oxygens (including phenoxy) is 2. The molecule has 2 amide bonds. The summed E-state index contributed by atoms with van der Waals surface area (Å²) in [7, 11) is 3.14. The van der Waals surface area contributed by atoms with Gasteiger partial charge in [0.2, 0.25) is 11.8 Å². The third-order valence-electron chi connectivity index (χ3n) is 5.65. The number of thioether (sulfide) groups is 1. The lowest BCUT2D eigenvalue weighted by Gasteiger charge is -2.32. The third-order valence-corrected chi connectivity index (χ3v) is 7.33. The number of nitrogens with zero attached hydrogens (tertiary/aromatic N) is 2. The summed E-state index contributed by atoms with van der Waals surface area (Å²) in [6, 6.07) is 18.5. The molecule has 1 atom stereocenters. The van der Waals surface area contributed by atoms with Gasteiger partial charge in [0.1, 0.15) is 11.1 Å². The number of benzene rings is 3. The largest absolute Gasteiger partial charge is 0.493 e. The molecular formula is C27H25BrFN3O4S. The van der Waals surface area contributed by atoms with Gasteiger partial charge in [-0.15, -0.1) is 0 Å².